The minimum atomic E-state index is -1.10. The Morgan fingerprint density at radius 1 is 1.25 bits per heavy atom. The van der Waals surface area contributed by atoms with Crippen LogP contribution in [0.15, 0.2) is 42.6 Å². The van der Waals surface area contributed by atoms with Crippen molar-refractivity contribution in [3.8, 4) is 17.0 Å². The van der Waals surface area contributed by atoms with Crippen molar-refractivity contribution < 1.29 is 28.6 Å². The van der Waals surface area contributed by atoms with E-state index in [2.05, 4.69) is 14.7 Å². The van der Waals surface area contributed by atoms with E-state index in [-0.39, 0.29) is 36.4 Å². The zero-order chi connectivity index (χ0) is 25.8. The van der Waals surface area contributed by atoms with Gasteiger partial charge in [0.2, 0.25) is 5.91 Å². The first kappa shape index (κ1) is 25.4. The lowest BCUT2D eigenvalue weighted by atomic mass is 10.1. The maximum Gasteiger partial charge on any atom is 0.254 e. The highest BCUT2D eigenvalue weighted by atomic mass is 32.1. The number of ketones is 1. The Labute approximate surface area is 210 Å². The summed E-state index contributed by atoms with van der Waals surface area (Å²) in [7, 11) is 0. The molecule has 4 N–H and O–H groups in total. The van der Waals surface area contributed by atoms with Crippen molar-refractivity contribution in [3.63, 3.8) is 0 Å². The van der Waals surface area contributed by atoms with Crippen molar-refractivity contribution in [2.75, 3.05) is 6.61 Å². The lowest BCUT2D eigenvalue weighted by molar-refractivity contribution is -0.120. The van der Waals surface area contributed by atoms with E-state index in [1.807, 2.05) is 6.92 Å². The highest BCUT2D eigenvalue weighted by Gasteiger charge is 2.31. The number of benzene rings is 1. The molecule has 2 amide bonds. The van der Waals surface area contributed by atoms with Crippen molar-refractivity contribution >= 4 is 29.1 Å². The summed E-state index contributed by atoms with van der Waals surface area (Å²) in [5.74, 6) is -1.74. The molecule has 1 aliphatic rings. The number of pyridine rings is 1. The number of Topliss-reactive ketones (excluding diaryl/α,β-unsaturated/α-hetero) is 1. The fourth-order valence-electron chi connectivity index (χ4n) is 3.54. The minimum Gasteiger partial charge on any atom is -0.484 e. The molecular weight excluding hydrogens is 487 g/mol. The zero-order valence-corrected chi connectivity index (χ0v) is 20.3. The summed E-state index contributed by atoms with van der Waals surface area (Å²) in [5.41, 5.74) is 6.36. The number of nitrogens with zero attached hydrogens (tertiary/aromatic N) is 2. The lowest BCUT2D eigenvalue weighted by Crippen LogP contribution is -2.45. The van der Waals surface area contributed by atoms with Gasteiger partial charge in [-0.05, 0) is 68.1 Å². The van der Waals surface area contributed by atoms with Gasteiger partial charge in [-0.1, -0.05) is 6.07 Å². The molecule has 1 saturated carbocycles. The Hall–Kier alpha value is -3.70. The summed E-state index contributed by atoms with van der Waals surface area (Å²) in [6, 6.07) is 8.07. The second-order valence-electron chi connectivity index (χ2n) is 8.53. The largest absolute Gasteiger partial charge is 0.484 e. The Balaban J connectivity index is 1.41. The smallest absolute Gasteiger partial charge is 0.254 e. The Morgan fingerprint density at radius 2 is 2.03 bits per heavy atom. The summed E-state index contributed by atoms with van der Waals surface area (Å²) in [6.07, 6.45) is 2.93. The quantitative estimate of drug-likeness (QED) is 0.335. The van der Waals surface area contributed by atoms with E-state index < -0.39 is 23.7 Å². The van der Waals surface area contributed by atoms with Gasteiger partial charge in [0.15, 0.2) is 5.78 Å². The Kier molecular flexibility index (Phi) is 7.70. The van der Waals surface area contributed by atoms with Crippen molar-refractivity contribution in [2.45, 2.75) is 38.3 Å². The van der Waals surface area contributed by atoms with Crippen LogP contribution in [0.5, 0.6) is 5.75 Å². The third-order valence-corrected chi connectivity index (χ3v) is 6.70. The normalized spacial score (nSPS) is 14.6. The van der Waals surface area contributed by atoms with Crippen LogP contribution in [0, 0.1) is 11.7 Å². The van der Waals surface area contributed by atoms with Crippen LogP contribution >= 0.6 is 11.5 Å². The van der Waals surface area contributed by atoms with Gasteiger partial charge in [-0.2, -0.15) is 4.37 Å². The molecule has 0 unspecified atom stereocenters. The first-order valence-electron chi connectivity index (χ1n) is 11.4. The van der Waals surface area contributed by atoms with Crippen LogP contribution in [0.3, 0.4) is 0 Å². The molecule has 188 valence electrons. The number of rotatable bonds is 11. The topological polar surface area (TPSA) is 144 Å². The Morgan fingerprint density at radius 3 is 2.64 bits per heavy atom. The maximum atomic E-state index is 14.7. The number of ether oxygens (including phenoxy) is 1. The fourth-order valence-corrected chi connectivity index (χ4v) is 4.26. The van der Waals surface area contributed by atoms with Crippen LogP contribution in [0.25, 0.3) is 11.3 Å². The number of carbonyl (C=O) groups excluding carboxylic acids is 3. The highest BCUT2D eigenvalue weighted by molar-refractivity contribution is 7.06. The number of nitrogens with two attached hydrogens (primary N) is 1. The van der Waals surface area contributed by atoms with Crippen LogP contribution < -0.4 is 15.8 Å². The van der Waals surface area contributed by atoms with Crippen molar-refractivity contribution in [2.24, 2.45) is 11.7 Å². The number of primary amides is 1. The van der Waals surface area contributed by atoms with Gasteiger partial charge in [0.05, 0.1) is 22.3 Å². The van der Waals surface area contributed by atoms with Crippen LogP contribution in [-0.4, -0.2) is 44.7 Å². The Bertz CT molecular complexity index is 1280. The van der Waals surface area contributed by atoms with E-state index in [4.69, 9.17) is 15.6 Å². The molecule has 4 rings (SSSR count). The van der Waals surface area contributed by atoms with E-state index in [1.54, 1.807) is 24.3 Å². The molecule has 2 aromatic heterocycles. The van der Waals surface area contributed by atoms with Crippen LogP contribution in [0.2, 0.25) is 0 Å². The molecule has 3 aromatic rings. The van der Waals surface area contributed by atoms with E-state index in [1.165, 1.54) is 29.9 Å². The number of aliphatic hydroxyl groups is 1. The molecule has 2 atom stereocenters. The summed E-state index contributed by atoms with van der Waals surface area (Å²) >= 11 is 1.20. The summed E-state index contributed by atoms with van der Waals surface area (Å²) in [5, 5.41) is 11.3. The lowest BCUT2D eigenvalue weighted by Gasteiger charge is -2.14. The highest BCUT2D eigenvalue weighted by Crippen LogP contribution is 2.33. The number of amides is 2. The maximum absolute atomic E-state index is 14.7. The van der Waals surface area contributed by atoms with Crippen molar-refractivity contribution in [1.29, 1.82) is 0 Å². The number of aromatic nitrogens is 2. The van der Waals surface area contributed by atoms with Crippen LogP contribution in [0.4, 0.5) is 4.39 Å². The molecule has 1 aromatic carbocycles. The van der Waals surface area contributed by atoms with Crippen LogP contribution in [-0.2, 0) is 4.79 Å². The van der Waals surface area contributed by atoms with Gasteiger partial charge in [0.25, 0.3) is 5.91 Å². The zero-order valence-electron chi connectivity index (χ0n) is 19.4. The summed E-state index contributed by atoms with van der Waals surface area (Å²) in [6.45, 7) is 1.49. The van der Waals surface area contributed by atoms with E-state index in [0.29, 0.717) is 22.7 Å². The second kappa shape index (κ2) is 10.9. The van der Waals surface area contributed by atoms with Gasteiger partial charge in [-0.3, -0.25) is 14.4 Å². The molecule has 2 heterocycles. The third-order valence-electron chi connectivity index (χ3n) is 5.75. The van der Waals surface area contributed by atoms with Gasteiger partial charge >= 0.3 is 0 Å². The molecular formula is C25H25FN4O5S. The second-order valence-corrected chi connectivity index (χ2v) is 9.36. The predicted octanol–water partition coefficient (Wildman–Crippen LogP) is 3.04. The molecule has 0 radical (unpaired) electrons. The monoisotopic (exact) mass is 512 g/mol. The van der Waals surface area contributed by atoms with Gasteiger partial charge in [0.1, 0.15) is 29.4 Å². The van der Waals surface area contributed by atoms with E-state index in [0.717, 1.165) is 17.7 Å². The number of hydrogen-bond donors (Lipinski definition) is 3. The molecule has 0 saturated heterocycles. The van der Waals surface area contributed by atoms with Crippen molar-refractivity contribution in [3.05, 3.63) is 64.5 Å². The molecule has 36 heavy (non-hydrogen) atoms. The average Bonchev–Trinajstić information content (AvgIpc) is 3.59. The van der Waals surface area contributed by atoms with Gasteiger partial charge in [-0.25, -0.2) is 9.37 Å². The molecule has 9 nitrogen and oxygen atoms in total. The third kappa shape index (κ3) is 5.92. The van der Waals surface area contributed by atoms with Crippen molar-refractivity contribution in [1.82, 2.24) is 14.7 Å². The van der Waals surface area contributed by atoms with E-state index >= 15 is 0 Å². The number of carbonyl (C=O) groups is 3. The van der Waals surface area contributed by atoms with E-state index in [9.17, 15) is 18.8 Å². The molecule has 0 aliphatic heterocycles. The van der Waals surface area contributed by atoms with Crippen LogP contribution in [0.1, 0.15) is 58.0 Å². The predicted molar refractivity (Wildman–Crippen MR) is 130 cm³/mol. The molecule has 11 heteroatoms. The first-order chi connectivity index (χ1) is 17.3. The van der Waals surface area contributed by atoms with Gasteiger partial charge < -0.3 is 20.9 Å². The number of nitrogens with one attached hydrogen (secondary N) is 1. The fraction of sp³-hybridized carbons (Fsp3) is 0.320. The average molecular weight is 513 g/mol. The molecule has 0 spiro atoms. The molecule has 0 bridgehead atoms. The number of aliphatic hydroxyl groups excluding tert-OH is 1. The molecule has 1 aliphatic carbocycles. The summed E-state index contributed by atoms with van der Waals surface area (Å²) < 4.78 is 25.0. The first-order valence-corrected chi connectivity index (χ1v) is 12.2. The van der Waals surface area contributed by atoms with Gasteiger partial charge in [0, 0.05) is 18.1 Å². The van der Waals surface area contributed by atoms with Gasteiger partial charge in [-0.15, -0.1) is 0 Å². The number of halogens is 1. The number of hydrogen-bond acceptors (Lipinski definition) is 8. The SMILES string of the molecule is C[C@@H](Oc1ccc(C(=O)C2CC2)nc1)c1cc(-c2ccc(C(=O)N[C@H](CCO)C(N)=O)c(F)c2)ns1. The minimum absolute atomic E-state index is 0.0651. The molecule has 1 fully saturated rings. The standard InChI is InChI=1S/C25H25FN4O5S/c1-13(35-16-5-7-19(28-12-16)23(32)14-2-3-14)22-11-21(30-36-22)15-4-6-17(18(26)10-15)25(34)29-20(8-9-31)24(27)33/h4-7,10-14,20,31H,2-3,8-9H2,1H3,(H2,27,33)(H,29,34)/t13-,20-/m1/s1. The summed E-state index contributed by atoms with van der Waals surface area (Å²) in [4.78, 5) is 40.9.